The van der Waals surface area contributed by atoms with Gasteiger partial charge in [0.1, 0.15) is 0 Å². The van der Waals surface area contributed by atoms with Crippen LogP contribution >= 0.6 is 11.8 Å². The molecule has 0 aliphatic carbocycles. The first kappa shape index (κ1) is 16.2. The predicted octanol–water partition coefficient (Wildman–Crippen LogP) is 3.95. The number of aryl methyl sites for hydroxylation is 2. The van der Waals surface area contributed by atoms with Crippen LogP contribution in [0.5, 0.6) is 0 Å². The number of aromatic nitrogens is 4. The van der Waals surface area contributed by atoms with Crippen LogP contribution in [0.3, 0.4) is 0 Å². The van der Waals surface area contributed by atoms with Gasteiger partial charge in [0.2, 0.25) is 0 Å². The molecule has 0 saturated carbocycles. The normalized spacial score (nSPS) is 11.9. The molecule has 0 bridgehead atoms. The lowest BCUT2D eigenvalue weighted by Crippen LogP contribution is -2.02. The maximum absolute atomic E-state index is 9.13. The maximum atomic E-state index is 9.13. The predicted molar refractivity (Wildman–Crippen MR) is 95.0 cm³/mol. The molecule has 1 aromatic carbocycles. The van der Waals surface area contributed by atoms with Crippen molar-refractivity contribution in [3.05, 3.63) is 53.9 Å². The zero-order valence-corrected chi connectivity index (χ0v) is 14.6. The quantitative estimate of drug-likeness (QED) is 0.675. The number of hydrogen-bond acceptors (Lipinski definition) is 5. The van der Waals surface area contributed by atoms with E-state index in [1.807, 2.05) is 23.6 Å². The summed E-state index contributed by atoms with van der Waals surface area (Å²) in [6.45, 7) is 6.03. The van der Waals surface area contributed by atoms with E-state index in [4.69, 9.17) is 5.26 Å². The molecule has 0 amide bonds. The van der Waals surface area contributed by atoms with E-state index in [9.17, 15) is 0 Å². The second-order valence-electron chi connectivity index (χ2n) is 5.54. The summed E-state index contributed by atoms with van der Waals surface area (Å²) in [5.41, 5.74) is 4.36. The molecular formula is C18H17N5S. The van der Waals surface area contributed by atoms with Crippen LogP contribution < -0.4 is 0 Å². The standard InChI is InChI=1S/C18H17N5S/c1-12-4-5-16(10-13(12)2)23-17(15-6-8-20-9-7-15)21-22-18(23)24-14(3)11-19/h4-10,14H,1-3H3/t14-/m0/s1. The SMILES string of the molecule is Cc1ccc(-n2c(S[C@@H](C)C#N)nnc2-c2ccncc2)cc1C. The summed E-state index contributed by atoms with van der Waals surface area (Å²) >= 11 is 1.40. The number of nitriles is 1. The molecule has 0 aliphatic heterocycles. The van der Waals surface area contributed by atoms with Gasteiger partial charge in [0.05, 0.1) is 17.0 Å². The van der Waals surface area contributed by atoms with Crippen LogP contribution in [-0.2, 0) is 0 Å². The zero-order valence-electron chi connectivity index (χ0n) is 13.8. The van der Waals surface area contributed by atoms with E-state index < -0.39 is 0 Å². The number of thioether (sulfide) groups is 1. The lowest BCUT2D eigenvalue weighted by atomic mass is 10.1. The summed E-state index contributed by atoms with van der Waals surface area (Å²) in [5.74, 6) is 0.744. The van der Waals surface area contributed by atoms with E-state index in [-0.39, 0.29) is 5.25 Å². The highest BCUT2D eigenvalue weighted by Gasteiger charge is 2.18. The topological polar surface area (TPSA) is 67.4 Å². The molecular weight excluding hydrogens is 318 g/mol. The van der Waals surface area contributed by atoms with Crippen molar-refractivity contribution < 1.29 is 0 Å². The molecule has 2 heterocycles. The Morgan fingerprint density at radius 3 is 2.50 bits per heavy atom. The number of hydrogen-bond donors (Lipinski definition) is 0. The van der Waals surface area contributed by atoms with E-state index in [1.54, 1.807) is 12.4 Å². The van der Waals surface area contributed by atoms with Gasteiger partial charge in [-0.05, 0) is 56.2 Å². The highest BCUT2D eigenvalue weighted by atomic mass is 32.2. The Balaban J connectivity index is 2.17. The van der Waals surface area contributed by atoms with Crippen LogP contribution in [0.4, 0.5) is 0 Å². The molecule has 0 spiro atoms. The summed E-state index contributed by atoms with van der Waals surface area (Å²) in [4.78, 5) is 4.06. The first-order valence-electron chi connectivity index (χ1n) is 7.60. The van der Waals surface area contributed by atoms with E-state index in [0.717, 1.165) is 17.1 Å². The molecule has 24 heavy (non-hydrogen) atoms. The van der Waals surface area contributed by atoms with Crippen LogP contribution in [0.15, 0.2) is 47.9 Å². The lowest BCUT2D eigenvalue weighted by Gasteiger charge is -2.12. The van der Waals surface area contributed by atoms with Crippen LogP contribution in [0.25, 0.3) is 17.1 Å². The van der Waals surface area contributed by atoms with Gasteiger partial charge in [-0.2, -0.15) is 5.26 Å². The summed E-state index contributed by atoms with van der Waals surface area (Å²) < 4.78 is 2.00. The van der Waals surface area contributed by atoms with Crippen LogP contribution in [0, 0.1) is 25.2 Å². The highest BCUT2D eigenvalue weighted by molar-refractivity contribution is 8.00. The minimum absolute atomic E-state index is 0.204. The van der Waals surface area contributed by atoms with Crippen molar-refractivity contribution in [1.29, 1.82) is 5.26 Å². The molecule has 0 fully saturated rings. The second-order valence-corrected chi connectivity index (χ2v) is 6.84. The maximum Gasteiger partial charge on any atom is 0.197 e. The summed E-state index contributed by atoms with van der Waals surface area (Å²) in [6, 6.07) is 12.3. The average molecular weight is 335 g/mol. The Bertz CT molecular complexity index is 896. The molecule has 6 heteroatoms. The van der Waals surface area contributed by atoms with Gasteiger partial charge < -0.3 is 0 Å². The van der Waals surface area contributed by atoms with Crippen molar-refractivity contribution in [2.75, 3.05) is 0 Å². The van der Waals surface area contributed by atoms with E-state index in [1.165, 1.54) is 22.9 Å². The molecule has 0 aliphatic rings. The average Bonchev–Trinajstić information content (AvgIpc) is 3.01. The van der Waals surface area contributed by atoms with E-state index in [2.05, 4.69) is 53.3 Å². The molecule has 0 saturated heterocycles. The fraction of sp³-hybridized carbons (Fsp3) is 0.222. The van der Waals surface area contributed by atoms with E-state index in [0.29, 0.717) is 5.16 Å². The van der Waals surface area contributed by atoms with Crippen molar-refractivity contribution >= 4 is 11.8 Å². The Kier molecular flexibility index (Phi) is 4.63. The van der Waals surface area contributed by atoms with Crippen molar-refractivity contribution in [2.24, 2.45) is 0 Å². The van der Waals surface area contributed by atoms with E-state index >= 15 is 0 Å². The Morgan fingerprint density at radius 1 is 1.08 bits per heavy atom. The smallest absolute Gasteiger partial charge is 0.197 e. The van der Waals surface area contributed by atoms with Gasteiger partial charge in [-0.25, -0.2) is 0 Å². The monoisotopic (exact) mass is 335 g/mol. The highest BCUT2D eigenvalue weighted by Crippen LogP contribution is 2.30. The number of nitrogens with zero attached hydrogens (tertiary/aromatic N) is 5. The number of rotatable bonds is 4. The Hall–Kier alpha value is -2.65. The summed E-state index contributed by atoms with van der Waals surface area (Å²) in [5, 5.41) is 18.3. The molecule has 120 valence electrons. The Labute approximate surface area is 145 Å². The first-order valence-corrected chi connectivity index (χ1v) is 8.48. The third-order valence-corrected chi connectivity index (χ3v) is 4.72. The molecule has 3 rings (SSSR count). The van der Waals surface area contributed by atoms with Crippen molar-refractivity contribution in [2.45, 2.75) is 31.2 Å². The van der Waals surface area contributed by atoms with Crippen molar-refractivity contribution in [3.8, 4) is 23.1 Å². The largest absolute Gasteiger partial charge is 0.270 e. The molecule has 5 nitrogen and oxygen atoms in total. The van der Waals surface area contributed by atoms with Gasteiger partial charge in [-0.3, -0.25) is 9.55 Å². The van der Waals surface area contributed by atoms with Crippen molar-refractivity contribution in [1.82, 2.24) is 19.7 Å². The first-order chi connectivity index (χ1) is 11.6. The molecule has 2 aromatic heterocycles. The molecule has 3 aromatic rings. The van der Waals surface area contributed by atoms with Gasteiger partial charge in [0.15, 0.2) is 11.0 Å². The van der Waals surface area contributed by atoms with Crippen LogP contribution in [-0.4, -0.2) is 25.0 Å². The zero-order chi connectivity index (χ0) is 17.1. The van der Waals surface area contributed by atoms with Gasteiger partial charge in [0, 0.05) is 18.0 Å². The minimum atomic E-state index is -0.204. The number of pyridine rings is 1. The molecule has 0 N–H and O–H groups in total. The molecule has 0 radical (unpaired) electrons. The fourth-order valence-electron chi connectivity index (χ4n) is 2.32. The third-order valence-electron chi connectivity index (χ3n) is 3.78. The van der Waals surface area contributed by atoms with Gasteiger partial charge in [0.25, 0.3) is 0 Å². The lowest BCUT2D eigenvalue weighted by molar-refractivity contribution is 0.882. The van der Waals surface area contributed by atoms with Crippen molar-refractivity contribution in [3.63, 3.8) is 0 Å². The van der Waals surface area contributed by atoms with Gasteiger partial charge in [-0.15, -0.1) is 10.2 Å². The van der Waals surface area contributed by atoms with Crippen LogP contribution in [0.1, 0.15) is 18.1 Å². The Morgan fingerprint density at radius 2 is 1.83 bits per heavy atom. The van der Waals surface area contributed by atoms with Gasteiger partial charge in [-0.1, -0.05) is 17.8 Å². The summed E-state index contributed by atoms with van der Waals surface area (Å²) in [7, 11) is 0. The second kappa shape index (κ2) is 6.85. The third kappa shape index (κ3) is 3.17. The minimum Gasteiger partial charge on any atom is -0.270 e. The molecule has 0 unspecified atom stereocenters. The van der Waals surface area contributed by atoms with Crippen LogP contribution in [0.2, 0.25) is 0 Å². The summed E-state index contributed by atoms with van der Waals surface area (Å²) in [6.07, 6.45) is 3.47. The fourth-order valence-corrected chi connectivity index (χ4v) is 3.07. The molecule has 1 atom stereocenters. The number of benzene rings is 1. The van der Waals surface area contributed by atoms with Gasteiger partial charge >= 0.3 is 0 Å².